The predicted octanol–water partition coefficient (Wildman–Crippen LogP) is 4.99. The summed E-state index contributed by atoms with van der Waals surface area (Å²) in [6, 6.07) is 12.9. The number of rotatable bonds is 4. The fraction of sp³-hybridized carbons (Fsp3) is 0.458. The first kappa shape index (κ1) is 21.1. The lowest BCUT2D eigenvalue weighted by molar-refractivity contribution is 0.148. The highest BCUT2D eigenvalue weighted by atomic mass is 35.5. The number of imidazole rings is 1. The topological polar surface area (TPSA) is 44.5 Å². The maximum atomic E-state index is 9.85. The molecule has 1 aromatic heterocycles. The van der Waals surface area contributed by atoms with Gasteiger partial charge in [0.25, 0.3) is 0 Å². The van der Waals surface area contributed by atoms with Crippen LogP contribution < -0.4 is 4.90 Å². The van der Waals surface area contributed by atoms with Gasteiger partial charge in [0, 0.05) is 48.0 Å². The molecule has 2 fully saturated rings. The van der Waals surface area contributed by atoms with E-state index in [1.807, 2.05) is 18.5 Å². The Morgan fingerprint density at radius 2 is 1.84 bits per heavy atom. The molecule has 1 N–H and O–H groups in total. The lowest BCUT2D eigenvalue weighted by atomic mass is 10.0. The molecule has 164 valence electrons. The van der Waals surface area contributed by atoms with Crippen LogP contribution in [-0.4, -0.2) is 57.9 Å². The van der Waals surface area contributed by atoms with Gasteiger partial charge in [0.2, 0.25) is 0 Å². The maximum Gasteiger partial charge on any atom is 0.0964 e. The largest absolute Gasteiger partial charge is 0.392 e. The molecule has 3 aromatic rings. The van der Waals surface area contributed by atoms with Crippen molar-refractivity contribution in [2.24, 2.45) is 0 Å². The molecule has 2 aliphatic heterocycles. The predicted molar refractivity (Wildman–Crippen MR) is 127 cm³/mol. The monoisotopic (exact) mass is 458 g/mol. The fourth-order valence-corrected chi connectivity index (χ4v) is 5.67. The minimum atomic E-state index is -0.142. The fourth-order valence-electron chi connectivity index (χ4n) is 5.10. The molecule has 0 amide bonds. The number of halogens is 2. The number of hydrogen-bond acceptors (Lipinski definition) is 4. The molecule has 5 rings (SSSR count). The number of β-amino-alcohol motifs (C(OH)–C–C–N with tert-alkyl or cyclic N) is 1. The minimum absolute atomic E-state index is 0.0531. The molecule has 0 saturated carbocycles. The first-order valence-electron chi connectivity index (χ1n) is 11.1. The Morgan fingerprint density at radius 1 is 1.03 bits per heavy atom. The average molecular weight is 459 g/mol. The lowest BCUT2D eigenvalue weighted by Crippen LogP contribution is -2.44. The van der Waals surface area contributed by atoms with E-state index in [0.29, 0.717) is 16.1 Å². The molecule has 2 saturated heterocycles. The highest BCUT2D eigenvalue weighted by Gasteiger charge is 2.30. The van der Waals surface area contributed by atoms with Gasteiger partial charge in [-0.05, 0) is 62.1 Å². The highest BCUT2D eigenvalue weighted by molar-refractivity contribution is 6.35. The van der Waals surface area contributed by atoms with Crippen molar-refractivity contribution in [2.45, 2.75) is 44.4 Å². The summed E-state index contributed by atoms with van der Waals surface area (Å²) in [6.45, 7) is 6.08. The van der Waals surface area contributed by atoms with E-state index in [0.717, 1.165) is 62.0 Å². The molecular weight excluding hydrogens is 431 g/mol. The van der Waals surface area contributed by atoms with Crippen molar-refractivity contribution in [1.29, 1.82) is 0 Å². The van der Waals surface area contributed by atoms with Gasteiger partial charge in [0.05, 0.1) is 29.5 Å². The second-order valence-electron chi connectivity index (χ2n) is 8.82. The Balaban J connectivity index is 1.36. The van der Waals surface area contributed by atoms with Crippen LogP contribution >= 0.6 is 23.2 Å². The van der Waals surface area contributed by atoms with Gasteiger partial charge in [0.15, 0.2) is 0 Å². The van der Waals surface area contributed by atoms with Crippen LogP contribution in [0.1, 0.15) is 37.8 Å². The number of likely N-dealkylation sites (tertiary alicyclic amines) is 1. The number of piperidine rings is 1. The number of anilines is 1. The summed E-state index contributed by atoms with van der Waals surface area (Å²) in [5.41, 5.74) is 4.37. The molecule has 0 spiro atoms. The van der Waals surface area contributed by atoms with Gasteiger partial charge in [-0.15, -0.1) is 0 Å². The van der Waals surface area contributed by atoms with Gasteiger partial charge >= 0.3 is 0 Å². The van der Waals surface area contributed by atoms with Gasteiger partial charge < -0.3 is 14.6 Å². The van der Waals surface area contributed by atoms with E-state index in [1.165, 1.54) is 5.69 Å². The van der Waals surface area contributed by atoms with Crippen molar-refractivity contribution in [3.8, 4) is 0 Å². The van der Waals surface area contributed by atoms with Gasteiger partial charge in [-0.3, -0.25) is 4.90 Å². The molecule has 2 aliphatic rings. The molecule has 7 heteroatoms. The van der Waals surface area contributed by atoms with Crippen LogP contribution in [0.4, 0.5) is 5.69 Å². The van der Waals surface area contributed by atoms with E-state index < -0.39 is 0 Å². The molecule has 0 aliphatic carbocycles. The summed E-state index contributed by atoms with van der Waals surface area (Å²) in [4.78, 5) is 9.56. The molecular formula is C24H28Cl2N4O. The summed E-state index contributed by atoms with van der Waals surface area (Å²) in [5.74, 6) is 0. The molecule has 2 aromatic carbocycles. The van der Waals surface area contributed by atoms with Crippen molar-refractivity contribution >= 4 is 39.9 Å². The summed E-state index contributed by atoms with van der Waals surface area (Å²) in [6.07, 6.45) is 4.95. The van der Waals surface area contributed by atoms with Gasteiger partial charge in [-0.1, -0.05) is 29.3 Å². The Labute approximate surface area is 193 Å². The number of aliphatic hydroxyl groups excluding tert-OH is 1. The van der Waals surface area contributed by atoms with E-state index in [4.69, 9.17) is 23.2 Å². The number of fused-ring (bicyclic) bond motifs is 1. The van der Waals surface area contributed by atoms with Crippen LogP contribution in [-0.2, 0) is 0 Å². The van der Waals surface area contributed by atoms with E-state index in [-0.39, 0.29) is 12.1 Å². The zero-order chi connectivity index (χ0) is 21.5. The molecule has 3 heterocycles. The van der Waals surface area contributed by atoms with Crippen LogP contribution in [0.3, 0.4) is 0 Å². The van der Waals surface area contributed by atoms with Crippen LogP contribution in [0.15, 0.2) is 42.7 Å². The third-order valence-electron chi connectivity index (χ3n) is 6.93. The summed E-state index contributed by atoms with van der Waals surface area (Å²) >= 11 is 12.6. The minimum Gasteiger partial charge on any atom is -0.392 e. The van der Waals surface area contributed by atoms with E-state index in [9.17, 15) is 5.11 Å². The van der Waals surface area contributed by atoms with Crippen molar-refractivity contribution < 1.29 is 5.11 Å². The van der Waals surface area contributed by atoms with Crippen molar-refractivity contribution in [1.82, 2.24) is 14.5 Å². The van der Waals surface area contributed by atoms with Crippen molar-refractivity contribution in [2.75, 3.05) is 31.1 Å². The van der Waals surface area contributed by atoms with Crippen molar-refractivity contribution in [3.63, 3.8) is 0 Å². The third kappa shape index (κ3) is 4.17. The van der Waals surface area contributed by atoms with E-state index >= 15 is 0 Å². The van der Waals surface area contributed by atoms with Crippen LogP contribution in [0.2, 0.25) is 10.0 Å². The number of hydrogen-bond donors (Lipinski definition) is 1. The number of aliphatic hydroxyl groups is 1. The molecule has 31 heavy (non-hydrogen) atoms. The van der Waals surface area contributed by atoms with E-state index in [1.54, 1.807) is 6.07 Å². The first-order chi connectivity index (χ1) is 15.0. The van der Waals surface area contributed by atoms with Crippen molar-refractivity contribution in [3.05, 3.63) is 58.3 Å². The second kappa shape index (κ2) is 8.62. The number of aromatic nitrogens is 2. The Hall–Kier alpha value is -1.79. The molecule has 2 unspecified atom stereocenters. The lowest BCUT2D eigenvalue weighted by Gasteiger charge is -2.37. The molecule has 0 bridgehead atoms. The van der Waals surface area contributed by atoms with Crippen LogP contribution in [0, 0.1) is 0 Å². The summed E-state index contributed by atoms with van der Waals surface area (Å²) < 4.78 is 2.19. The quantitative estimate of drug-likeness (QED) is 0.597. The van der Waals surface area contributed by atoms with Gasteiger partial charge in [0.1, 0.15) is 0 Å². The standard InChI is InChI=1S/C24H28Cl2N4O/c1-16(21-4-2-17(25)12-22(21)26)30-15-27-23-5-3-19(13-24(23)30)28-9-6-18(7-10-28)29-11-8-20(31)14-29/h2-5,12-13,15-16,18,20,31H,6-11,14H2,1H3. The Kier molecular flexibility index (Phi) is 5.86. The SMILES string of the molecule is CC(c1ccc(Cl)cc1Cl)n1cnc2ccc(N3CCC(N4CCC(O)C4)CC3)cc21. The average Bonchev–Trinajstić information content (AvgIpc) is 3.39. The zero-order valence-electron chi connectivity index (χ0n) is 17.7. The second-order valence-corrected chi connectivity index (χ2v) is 9.67. The molecule has 5 nitrogen and oxygen atoms in total. The van der Waals surface area contributed by atoms with Crippen LogP contribution in [0.25, 0.3) is 11.0 Å². The number of benzene rings is 2. The van der Waals surface area contributed by atoms with Crippen LogP contribution in [0.5, 0.6) is 0 Å². The zero-order valence-corrected chi connectivity index (χ0v) is 19.2. The molecule has 2 atom stereocenters. The van der Waals surface area contributed by atoms with E-state index in [2.05, 4.69) is 44.5 Å². The maximum absolute atomic E-state index is 9.85. The highest BCUT2D eigenvalue weighted by Crippen LogP contribution is 2.32. The first-order valence-corrected chi connectivity index (χ1v) is 11.8. The Morgan fingerprint density at radius 3 is 2.55 bits per heavy atom. The summed E-state index contributed by atoms with van der Waals surface area (Å²) in [7, 11) is 0. The van der Waals surface area contributed by atoms with Gasteiger partial charge in [-0.25, -0.2) is 4.98 Å². The molecule has 0 radical (unpaired) electrons. The smallest absolute Gasteiger partial charge is 0.0964 e. The number of nitrogens with zero attached hydrogens (tertiary/aromatic N) is 4. The Bertz CT molecular complexity index is 1080. The normalized spacial score (nSPS) is 21.8. The third-order valence-corrected chi connectivity index (χ3v) is 7.49. The van der Waals surface area contributed by atoms with Gasteiger partial charge in [-0.2, -0.15) is 0 Å². The summed E-state index contributed by atoms with van der Waals surface area (Å²) in [5, 5.41) is 11.2.